The number of aromatic nitrogens is 2. The number of halogens is 4. The molecule has 0 bridgehead atoms. The molecule has 0 amide bonds. The number of pyridine rings is 1. The van der Waals surface area contributed by atoms with Gasteiger partial charge in [-0.05, 0) is 75.1 Å². The Morgan fingerprint density at radius 3 is 2.67 bits per heavy atom. The van der Waals surface area contributed by atoms with Gasteiger partial charge in [0.1, 0.15) is 5.67 Å². The predicted octanol–water partition coefficient (Wildman–Crippen LogP) is 6.90. The maximum Gasteiger partial charge on any atom is 0.422 e. The molecule has 2 aromatic heterocycles. The highest BCUT2D eigenvalue weighted by Crippen LogP contribution is 2.39. The number of carbonyl (C=O) groups is 1. The lowest BCUT2D eigenvalue weighted by atomic mass is 9.76. The Bertz CT molecular complexity index is 1320. The fourth-order valence-corrected chi connectivity index (χ4v) is 6.48. The molecule has 210 valence electrons. The van der Waals surface area contributed by atoms with Gasteiger partial charge in [-0.25, -0.2) is 14.4 Å². The average molecular weight is 564 g/mol. The molecule has 1 aromatic carbocycles. The van der Waals surface area contributed by atoms with E-state index < -0.39 is 18.5 Å². The average Bonchev–Trinajstić information content (AvgIpc) is 3.15. The zero-order valence-corrected chi connectivity index (χ0v) is 22.8. The van der Waals surface area contributed by atoms with E-state index in [-0.39, 0.29) is 17.6 Å². The molecule has 0 unspecified atom stereocenters. The first-order valence-corrected chi connectivity index (χ1v) is 14.4. The second kappa shape index (κ2) is 11.5. The minimum atomic E-state index is -4.40. The number of alkyl halides is 4. The number of rotatable bonds is 8. The normalized spacial score (nSPS) is 22.4. The number of Topliss-reactive ketones (excluding diaryl/α,β-unsaturated/α-hetero) is 1. The first-order chi connectivity index (χ1) is 18.6. The summed E-state index contributed by atoms with van der Waals surface area (Å²) >= 11 is 1.61. The molecule has 5 nitrogen and oxygen atoms in total. The lowest BCUT2D eigenvalue weighted by molar-refractivity contribution is -0.154. The van der Waals surface area contributed by atoms with E-state index in [0.717, 1.165) is 39.4 Å². The molecular weight excluding hydrogens is 530 g/mol. The van der Waals surface area contributed by atoms with E-state index in [9.17, 15) is 18.0 Å². The Labute approximate surface area is 229 Å². The van der Waals surface area contributed by atoms with Gasteiger partial charge >= 0.3 is 6.18 Å². The monoisotopic (exact) mass is 563 g/mol. The van der Waals surface area contributed by atoms with Crippen LogP contribution in [0.4, 0.5) is 17.6 Å². The molecule has 1 fully saturated rings. The highest BCUT2D eigenvalue weighted by molar-refractivity contribution is 7.18. The van der Waals surface area contributed by atoms with Crippen molar-refractivity contribution in [1.82, 2.24) is 14.9 Å². The summed E-state index contributed by atoms with van der Waals surface area (Å²) in [4.78, 5) is 23.9. The van der Waals surface area contributed by atoms with Crippen LogP contribution >= 0.6 is 11.3 Å². The van der Waals surface area contributed by atoms with Crippen LogP contribution in [0.15, 0.2) is 30.3 Å². The summed E-state index contributed by atoms with van der Waals surface area (Å²) in [6.45, 7) is 2.65. The van der Waals surface area contributed by atoms with Crippen molar-refractivity contribution in [2.24, 2.45) is 5.92 Å². The molecule has 0 N–H and O–H groups in total. The van der Waals surface area contributed by atoms with Crippen molar-refractivity contribution in [2.75, 3.05) is 26.2 Å². The molecule has 0 saturated heterocycles. The van der Waals surface area contributed by atoms with Gasteiger partial charge in [0, 0.05) is 49.8 Å². The molecule has 1 aliphatic carbocycles. The number of nitrogens with zero attached hydrogens (tertiary/aromatic N) is 3. The van der Waals surface area contributed by atoms with Crippen molar-refractivity contribution in [2.45, 2.75) is 70.1 Å². The first kappa shape index (κ1) is 28.0. The number of thiazole rings is 1. The van der Waals surface area contributed by atoms with Gasteiger partial charge in [-0.2, -0.15) is 13.2 Å². The highest BCUT2D eigenvalue weighted by Gasteiger charge is 2.36. The fraction of sp³-hybridized carbons (Fsp3) is 0.552. The second-order valence-corrected chi connectivity index (χ2v) is 12.1. The quantitative estimate of drug-likeness (QED) is 0.220. The number of hydrogen-bond acceptors (Lipinski definition) is 6. The summed E-state index contributed by atoms with van der Waals surface area (Å²) in [5.41, 5.74) is 2.06. The Morgan fingerprint density at radius 1 is 1.13 bits per heavy atom. The molecule has 5 rings (SSSR count). The molecule has 39 heavy (non-hydrogen) atoms. The summed E-state index contributed by atoms with van der Waals surface area (Å²) in [5.74, 6) is 0.279. The maximum absolute atomic E-state index is 15.7. The van der Waals surface area contributed by atoms with Crippen LogP contribution in [0.5, 0.6) is 5.88 Å². The molecule has 3 heterocycles. The van der Waals surface area contributed by atoms with Gasteiger partial charge in [-0.3, -0.25) is 4.79 Å². The molecule has 0 spiro atoms. The van der Waals surface area contributed by atoms with Crippen LogP contribution in [0.1, 0.15) is 65.1 Å². The zero-order valence-electron chi connectivity index (χ0n) is 22.0. The molecule has 0 radical (unpaired) electrons. The van der Waals surface area contributed by atoms with Crippen molar-refractivity contribution in [3.63, 3.8) is 0 Å². The lowest BCUT2D eigenvalue weighted by Gasteiger charge is -2.35. The van der Waals surface area contributed by atoms with Crippen molar-refractivity contribution >= 4 is 27.3 Å². The van der Waals surface area contributed by atoms with E-state index in [4.69, 9.17) is 4.74 Å². The van der Waals surface area contributed by atoms with Crippen LogP contribution in [0, 0.1) is 12.8 Å². The Hall–Kier alpha value is -2.59. The van der Waals surface area contributed by atoms with E-state index in [2.05, 4.69) is 14.9 Å². The highest BCUT2D eigenvalue weighted by atomic mass is 32.1. The summed E-state index contributed by atoms with van der Waals surface area (Å²) in [7, 11) is 0. The van der Waals surface area contributed by atoms with Crippen LogP contribution in [-0.4, -0.2) is 58.7 Å². The minimum absolute atomic E-state index is 0.0174. The minimum Gasteiger partial charge on any atom is -0.468 e. The van der Waals surface area contributed by atoms with Crippen molar-refractivity contribution in [3.05, 3.63) is 52.2 Å². The van der Waals surface area contributed by atoms with Gasteiger partial charge in [0.05, 0.1) is 15.2 Å². The van der Waals surface area contributed by atoms with Crippen LogP contribution in [0.3, 0.4) is 0 Å². The van der Waals surface area contributed by atoms with Crippen molar-refractivity contribution in [3.8, 4) is 5.88 Å². The van der Waals surface area contributed by atoms with Crippen molar-refractivity contribution in [1.29, 1.82) is 0 Å². The van der Waals surface area contributed by atoms with Crippen LogP contribution in [0.2, 0.25) is 0 Å². The third kappa shape index (κ3) is 7.33. The van der Waals surface area contributed by atoms with Crippen LogP contribution < -0.4 is 4.74 Å². The van der Waals surface area contributed by atoms with Gasteiger partial charge in [0.25, 0.3) is 0 Å². The molecule has 3 aromatic rings. The van der Waals surface area contributed by atoms with Crippen LogP contribution in [0.25, 0.3) is 10.2 Å². The maximum atomic E-state index is 15.7. The van der Waals surface area contributed by atoms with Gasteiger partial charge < -0.3 is 9.64 Å². The predicted molar refractivity (Wildman–Crippen MR) is 143 cm³/mol. The summed E-state index contributed by atoms with van der Waals surface area (Å²) in [6.07, 6.45) is 0.125. The number of aryl methyl sites for hydroxylation is 1. The van der Waals surface area contributed by atoms with Gasteiger partial charge in [-0.15, -0.1) is 11.3 Å². The smallest absolute Gasteiger partial charge is 0.422 e. The fourth-order valence-electron chi connectivity index (χ4n) is 5.67. The molecule has 1 saturated carbocycles. The van der Waals surface area contributed by atoms with Crippen molar-refractivity contribution < 1.29 is 27.1 Å². The number of carbonyl (C=O) groups excluding carboxylic acids is 1. The van der Waals surface area contributed by atoms with Gasteiger partial charge in [0.2, 0.25) is 5.88 Å². The molecular formula is C29H33F4N3O2S. The van der Waals surface area contributed by atoms with Crippen LogP contribution in [-0.2, 0) is 12.8 Å². The third-order valence-electron chi connectivity index (χ3n) is 7.96. The van der Waals surface area contributed by atoms with E-state index in [0.29, 0.717) is 63.6 Å². The summed E-state index contributed by atoms with van der Waals surface area (Å²) < 4.78 is 58.9. The third-order valence-corrected chi connectivity index (χ3v) is 8.91. The number of ketones is 1. The van der Waals surface area contributed by atoms with Gasteiger partial charge in [-0.1, -0.05) is 6.07 Å². The Balaban J connectivity index is 1.07. The molecule has 0 atom stereocenters. The number of hydrogen-bond donors (Lipinski definition) is 0. The lowest BCUT2D eigenvalue weighted by Crippen LogP contribution is -2.36. The first-order valence-electron chi connectivity index (χ1n) is 13.6. The van der Waals surface area contributed by atoms with E-state index in [1.54, 1.807) is 17.4 Å². The summed E-state index contributed by atoms with van der Waals surface area (Å²) in [5, 5.41) is 0.978. The number of benzene rings is 1. The van der Waals surface area contributed by atoms with E-state index in [1.165, 1.54) is 6.07 Å². The standard InChI is InChI=1S/C29H33F4N3O2S/c1-19-34-24-17-22(2-4-26(24)39-19)25(37)16-20-6-10-28(30,11-7-20)12-15-36-13-8-21-3-5-27(35-23(21)9-14-36)38-18-29(31,32)33/h2-5,17,20H,6-16,18H2,1H3. The molecule has 10 heteroatoms. The number of fused-ring (bicyclic) bond motifs is 2. The van der Waals surface area contributed by atoms with E-state index >= 15 is 4.39 Å². The summed E-state index contributed by atoms with van der Waals surface area (Å²) in [6, 6.07) is 8.97. The Morgan fingerprint density at radius 2 is 1.90 bits per heavy atom. The largest absolute Gasteiger partial charge is 0.468 e. The topological polar surface area (TPSA) is 55.3 Å². The second-order valence-electron chi connectivity index (χ2n) is 10.9. The van der Waals surface area contributed by atoms with E-state index in [1.807, 2.05) is 25.1 Å². The molecule has 1 aliphatic heterocycles. The number of ether oxygens (including phenoxy) is 1. The van der Waals surface area contributed by atoms with Gasteiger partial charge in [0.15, 0.2) is 12.4 Å². The SMILES string of the molecule is Cc1nc2cc(C(=O)CC3CCC(F)(CCN4CCc5ccc(OCC(F)(F)F)nc5CC4)CC3)ccc2s1. The molecule has 2 aliphatic rings. The Kier molecular flexibility index (Phi) is 8.24. The zero-order chi connectivity index (χ0) is 27.6.